The summed E-state index contributed by atoms with van der Waals surface area (Å²) in [5.74, 6) is 0.427. The highest BCUT2D eigenvalue weighted by Gasteiger charge is 2.12. The van der Waals surface area contributed by atoms with E-state index in [4.69, 9.17) is 0 Å². The molecule has 1 fully saturated rings. The summed E-state index contributed by atoms with van der Waals surface area (Å²) in [5, 5.41) is 22.8. The van der Waals surface area contributed by atoms with Gasteiger partial charge in [0.05, 0.1) is 0 Å². The summed E-state index contributed by atoms with van der Waals surface area (Å²) in [7, 11) is 0. The topological polar surface area (TPSA) is 55.7 Å². The van der Waals surface area contributed by atoms with Gasteiger partial charge in [-0.1, -0.05) is 12.8 Å². The number of benzene rings is 1. The minimum Gasteiger partial charge on any atom is -0.508 e. The van der Waals surface area contributed by atoms with Crippen LogP contribution in [0.4, 0.5) is 0 Å². The lowest BCUT2D eigenvalue weighted by molar-refractivity contribution is 0.280. The Hall–Kier alpha value is -1.26. The van der Waals surface area contributed by atoms with Crippen molar-refractivity contribution >= 4 is 0 Å². The van der Waals surface area contributed by atoms with Crippen LogP contribution in [0.5, 0.6) is 11.5 Å². The van der Waals surface area contributed by atoms with Crippen LogP contribution in [0.3, 0.4) is 0 Å². The molecule has 0 saturated carbocycles. The summed E-state index contributed by atoms with van der Waals surface area (Å²) in [4.78, 5) is 2.51. The third-order valence-corrected chi connectivity index (χ3v) is 4.05. The zero-order valence-electron chi connectivity index (χ0n) is 12.3. The fourth-order valence-electron chi connectivity index (χ4n) is 2.80. The zero-order valence-corrected chi connectivity index (χ0v) is 12.3. The van der Waals surface area contributed by atoms with Crippen LogP contribution < -0.4 is 5.32 Å². The molecule has 1 aromatic rings. The van der Waals surface area contributed by atoms with Crippen molar-refractivity contribution < 1.29 is 10.2 Å². The van der Waals surface area contributed by atoms with Gasteiger partial charge in [-0.3, -0.25) is 0 Å². The first-order valence-electron chi connectivity index (χ1n) is 7.64. The monoisotopic (exact) mass is 278 g/mol. The Morgan fingerprint density at radius 3 is 2.55 bits per heavy atom. The summed E-state index contributed by atoms with van der Waals surface area (Å²) in [6.45, 7) is 6.36. The molecule has 112 valence electrons. The fourth-order valence-corrected chi connectivity index (χ4v) is 2.80. The number of aromatic hydroxyl groups is 2. The molecule has 1 aromatic carbocycles. The maximum atomic E-state index is 9.83. The standard InChI is InChI=1S/C16H26N2O2/c1-13(15-12-14(19)6-7-16(15)20)17-8-11-18-9-4-2-3-5-10-18/h6-7,12-13,17,19-20H,2-5,8-11H2,1H3. The molecule has 0 bridgehead atoms. The van der Waals surface area contributed by atoms with Gasteiger partial charge < -0.3 is 20.4 Å². The average molecular weight is 278 g/mol. The largest absolute Gasteiger partial charge is 0.508 e. The van der Waals surface area contributed by atoms with Crippen LogP contribution in [0, 0.1) is 0 Å². The van der Waals surface area contributed by atoms with Crippen molar-refractivity contribution in [3.63, 3.8) is 0 Å². The summed E-state index contributed by atoms with van der Waals surface area (Å²) in [5.41, 5.74) is 0.751. The molecule has 4 heteroatoms. The van der Waals surface area contributed by atoms with Crippen LogP contribution in [0.25, 0.3) is 0 Å². The molecule has 0 aromatic heterocycles. The van der Waals surface area contributed by atoms with Gasteiger partial charge in [0.15, 0.2) is 0 Å². The van der Waals surface area contributed by atoms with Gasteiger partial charge in [-0.15, -0.1) is 0 Å². The van der Waals surface area contributed by atoms with Crippen LogP contribution >= 0.6 is 0 Å². The Kier molecular flexibility index (Phi) is 5.68. The third-order valence-electron chi connectivity index (χ3n) is 4.05. The molecular weight excluding hydrogens is 252 g/mol. The first-order valence-corrected chi connectivity index (χ1v) is 7.64. The first kappa shape index (κ1) is 15.1. The van der Waals surface area contributed by atoms with Gasteiger partial charge in [0.1, 0.15) is 11.5 Å². The number of rotatable bonds is 5. The number of phenols is 2. The van der Waals surface area contributed by atoms with Crippen LogP contribution in [0.2, 0.25) is 0 Å². The van der Waals surface area contributed by atoms with Crippen LogP contribution in [0.1, 0.15) is 44.2 Å². The summed E-state index contributed by atoms with van der Waals surface area (Å²) >= 11 is 0. The molecule has 1 aliphatic rings. The lowest BCUT2D eigenvalue weighted by Gasteiger charge is -2.22. The van der Waals surface area contributed by atoms with Crippen molar-refractivity contribution in [2.75, 3.05) is 26.2 Å². The van der Waals surface area contributed by atoms with Crippen molar-refractivity contribution in [2.24, 2.45) is 0 Å². The molecule has 20 heavy (non-hydrogen) atoms. The predicted molar refractivity (Wildman–Crippen MR) is 81.1 cm³/mol. The Morgan fingerprint density at radius 2 is 1.85 bits per heavy atom. The van der Waals surface area contributed by atoms with Crippen molar-refractivity contribution in [3.05, 3.63) is 23.8 Å². The molecule has 0 aliphatic carbocycles. The van der Waals surface area contributed by atoms with Crippen molar-refractivity contribution in [1.82, 2.24) is 10.2 Å². The fraction of sp³-hybridized carbons (Fsp3) is 0.625. The number of nitrogens with zero attached hydrogens (tertiary/aromatic N) is 1. The average Bonchev–Trinajstić information content (AvgIpc) is 2.70. The molecule has 0 radical (unpaired) electrons. The lowest BCUT2D eigenvalue weighted by Crippen LogP contribution is -2.33. The highest BCUT2D eigenvalue weighted by Crippen LogP contribution is 2.27. The Morgan fingerprint density at radius 1 is 1.15 bits per heavy atom. The van der Waals surface area contributed by atoms with Crippen molar-refractivity contribution in [3.8, 4) is 11.5 Å². The second-order valence-corrected chi connectivity index (χ2v) is 5.67. The van der Waals surface area contributed by atoms with E-state index in [0.717, 1.165) is 18.7 Å². The highest BCUT2D eigenvalue weighted by atomic mass is 16.3. The maximum absolute atomic E-state index is 9.83. The van der Waals surface area contributed by atoms with E-state index in [9.17, 15) is 10.2 Å². The van der Waals surface area contributed by atoms with Crippen molar-refractivity contribution in [1.29, 1.82) is 0 Å². The Labute approximate surface area is 121 Å². The van der Waals surface area contributed by atoms with E-state index in [2.05, 4.69) is 10.2 Å². The summed E-state index contributed by atoms with van der Waals surface area (Å²) in [6.07, 6.45) is 5.33. The van der Waals surface area contributed by atoms with E-state index in [1.54, 1.807) is 6.07 Å². The van der Waals surface area contributed by atoms with Crippen LogP contribution in [-0.4, -0.2) is 41.3 Å². The molecule has 0 spiro atoms. The van der Waals surface area contributed by atoms with Crippen LogP contribution in [-0.2, 0) is 0 Å². The first-order chi connectivity index (χ1) is 9.66. The molecule has 1 heterocycles. The predicted octanol–water partition coefficient (Wildman–Crippen LogP) is 2.62. The molecule has 1 unspecified atom stereocenters. The number of nitrogens with one attached hydrogen (secondary N) is 1. The number of hydrogen-bond acceptors (Lipinski definition) is 4. The zero-order chi connectivity index (χ0) is 14.4. The Balaban J connectivity index is 1.79. The van der Waals surface area contributed by atoms with Gasteiger partial charge in [0, 0.05) is 24.7 Å². The molecule has 3 N–H and O–H groups in total. The lowest BCUT2D eigenvalue weighted by atomic mass is 10.1. The number of phenolic OH excluding ortho intramolecular Hbond substituents is 2. The van der Waals surface area contributed by atoms with Gasteiger partial charge >= 0.3 is 0 Å². The normalized spacial score (nSPS) is 18.6. The number of hydrogen-bond donors (Lipinski definition) is 3. The van der Waals surface area contributed by atoms with Crippen molar-refractivity contribution in [2.45, 2.75) is 38.6 Å². The summed E-state index contributed by atoms with van der Waals surface area (Å²) in [6, 6.07) is 4.70. The number of likely N-dealkylation sites (tertiary alicyclic amines) is 1. The van der Waals surface area contributed by atoms with E-state index >= 15 is 0 Å². The SMILES string of the molecule is CC(NCCN1CCCCCC1)c1cc(O)ccc1O. The van der Waals surface area contributed by atoms with E-state index in [1.807, 2.05) is 6.92 Å². The maximum Gasteiger partial charge on any atom is 0.120 e. The van der Waals surface area contributed by atoms with Gasteiger partial charge in [0.25, 0.3) is 0 Å². The molecule has 4 nitrogen and oxygen atoms in total. The highest BCUT2D eigenvalue weighted by molar-refractivity contribution is 5.40. The molecule has 1 aliphatic heterocycles. The molecular formula is C16H26N2O2. The molecule has 1 saturated heterocycles. The van der Waals surface area contributed by atoms with Gasteiger partial charge in [-0.05, 0) is 51.1 Å². The van der Waals surface area contributed by atoms with E-state index in [0.29, 0.717) is 0 Å². The minimum absolute atomic E-state index is 0.0362. The van der Waals surface area contributed by atoms with E-state index in [1.165, 1.54) is 50.9 Å². The van der Waals surface area contributed by atoms with Crippen LogP contribution in [0.15, 0.2) is 18.2 Å². The van der Waals surface area contributed by atoms with E-state index in [-0.39, 0.29) is 17.5 Å². The molecule has 1 atom stereocenters. The quantitative estimate of drug-likeness (QED) is 0.725. The second-order valence-electron chi connectivity index (χ2n) is 5.67. The van der Waals surface area contributed by atoms with Gasteiger partial charge in [0.2, 0.25) is 0 Å². The van der Waals surface area contributed by atoms with Gasteiger partial charge in [-0.2, -0.15) is 0 Å². The third kappa shape index (κ3) is 4.39. The summed E-state index contributed by atoms with van der Waals surface area (Å²) < 4.78 is 0. The second kappa shape index (κ2) is 7.50. The minimum atomic E-state index is 0.0362. The molecule has 2 rings (SSSR count). The smallest absolute Gasteiger partial charge is 0.120 e. The van der Waals surface area contributed by atoms with E-state index < -0.39 is 0 Å². The Bertz CT molecular complexity index is 415. The van der Waals surface area contributed by atoms with Gasteiger partial charge in [-0.25, -0.2) is 0 Å². The molecule has 0 amide bonds.